The first-order chi connectivity index (χ1) is 17.2. The van der Waals surface area contributed by atoms with Gasteiger partial charge in [0.2, 0.25) is 11.8 Å². The van der Waals surface area contributed by atoms with Crippen molar-refractivity contribution in [1.82, 2.24) is 4.98 Å². The maximum Gasteiger partial charge on any atom is 0.340 e. The Labute approximate surface area is 209 Å². The molecule has 3 rings (SSSR count). The first-order valence-corrected chi connectivity index (χ1v) is 11.8. The third-order valence-corrected chi connectivity index (χ3v) is 5.86. The van der Waals surface area contributed by atoms with Gasteiger partial charge in [-0.2, -0.15) is 0 Å². The van der Waals surface area contributed by atoms with Gasteiger partial charge in [0, 0.05) is 40.6 Å². The van der Waals surface area contributed by atoms with Gasteiger partial charge in [-0.05, 0) is 30.5 Å². The standard InChI is InChI=1S/C27H31N3O6/c1-5-22(31)29-21-11-10-18(27(35)36-4)25(30-26(34)16(12-15(2)3)13-23(32)33)24(21)19-14-28-20-9-7-6-8-17(19)20/h6-11,14-16,28H,5,12-13H2,1-4H3,(H,29,31)(H,30,34)(H,32,33). The number of para-hydroxylation sites is 1. The van der Waals surface area contributed by atoms with Crippen LogP contribution >= 0.6 is 0 Å². The highest BCUT2D eigenvalue weighted by molar-refractivity contribution is 6.13. The Hall–Kier alpha value is -4.14. The van der Waals surface area contributed by atoms with Crippen LogP contribution in [0.25, 0.3) is 22.0 Å². The number of aromatic amines is 1. The molecule has 0 aliphatic carbocycles. The summed E-state index contributed by atoms with van der Waals surface area (Å²) < 4.78 is 4.97. The van der Waals surface area contributed by atoms with Crippen LogP contribution in [0, 0.1) is 11.8 Å². The minimum atomic E-state index is -1.09. The highest BCUT2D eigenvalue weighted by atomic mass is 16.5. The van der Waals surface area contributed by atoms with Crippen LogP contribution in [0.15, 0.2) is 42.6 Å². The third-order valence-electron chi connectivity index (χ3n) is 5.86. The largest absolute Gasteiger partial charge is 0.481 e. The van der Waals surface area contributed by atoms with Crippen molar-refractivity contribution >= 4 is 46.0 Å². The zero-order valence-electron chi connectivity index (χ0n) is 20.8. The van der Waals surface area contributed by atoms with Crippen LogP contribution in [0.1, 0.15) is 50.4 Å². The van der Waals surface area contributed by atoms with E-state index in [0.29, 0.717) is 23.2 Å². The van der Waals surface area contributed by atoms with E-state index in [4.69, 9.17) is 4.74 Å². The second-order valence-corrected chi connectivity index (χ2v) is 8.97. The van der Waals surface area contributed by atoms with E-state index in [-0.39, 0.29) is 35.9 Å². The molecule has 0 radical (unpaired) electrons. The highest BCUT2D eigenvalue weighted by Crippen LogP contribution is 2.42. The Bertz CT molecular complexity index is 1290. The number of benzene rings is 2. The summed E-state index contributed by atoms with van der Waals surface area (Å²) in [6.45, 7) is 5.52. The van der Waals surface area contributed by atoms with Crippen LogP contribution in [-0.2, 0) is 19.1 Å². The number of aliphatic carboxylic acids is 1. The van der Waals surface area contributed by atoms with Gasteiger partial charge in [0.25, 0.3) is 0 Å². The van der Waals surface area contributed by atoms with Crippen molar-refractivity contribution in [3.05, 3.63) is 48.2 Å². The number of H-pyrrole nitrogens is 1. The number of ether oxygens (including phenoxy) is 1. The lowest BCUT2D eigenvalue weighted by Crippen LogP contribution is -2.28. The lowest BCUT2D eigenvalue weighted by molar-refractivity contribution is -0.140. The van der Waals surface area contributed by atoms with Gasteiger partial charge in [0.1, 0.15) is 0 Å². The van der Waals surface area contributed by atoms with E-state index in [1.165, 1.54) is 13.2 Å². The molecule has 1 unspecified atom stereocenters. The maximum atomic E-state index is 13.4. The van der Waals surface area contributed by atoms with Crippen LogP contribution in [0.2, 0.25) is 0 Å². The molecule has 190 valence electrons. The number of nitrogens with one attached hydrogen (secondary N) is 3. The molecule has 0 aliphatic heterocycles. The molecule has 1 atom stereocenters. The summed E-state index contributed by atoms with van der Waals surface area (Å²) in [5, 5.41) is 15.9. The topological polar surface area (TPSA) is 138 Å². The van der Waals surface area contributed by atoms with Crippen molar-refractivity contribution in [2.45, 2.75) is 40.0 Å². The van der Waals surface area contributed by atoms with Crippen molar-refractivity contribution in [3.63, 3.8) is 0 Å². The van der Waals surface area contributed by atoms with E-state index in [0.717, 1.165) is 10.9 Å². The second kappa shape index (κ2) is 11.5. The summed E-state index contributed by atoms with van der Waals surface area (Å²) in [7, 11) is 1.23. The van der Waals surface area contributed by atoms with Crippen LogP contribution in [0.3, 0.4) is 0 Å². The zero-order valence-corrected chi connectivity index (χ0v) is 20.8. The minimum Gasteiger partial charge on any atom is -0.481 e. The Balaban J connectivity index is 2.26. The van der Waals surface area contributed by atoms with Gasteiger partial charge in [-0.25, -0.2) is 4.79 Å². The molecule has 1 aromatic heterocycles. The van der Waals surface area contributed by atoms with E-state index in [9.17, 15) is 24.3 Å². The van der Waals surface area contributed by atoms with Gasteiger partial charge < -0.3 is 25.5 Å². The Morgan fingerprint density at radius 3 is 2.42 bits per heavy atom. The average molecular weight is 494 g/mol. The molecular formula is C27H31N3O6. The Morgan fingerprint density at radius 2 is 1.78 bits per heavy atom. The van der Waals surface area contributed by atoms with E-state index in [2.05, 4.69) is 15.6 Å². The van der Waals surface area contributed by atoms with Crippen LogP contribution in [-0.4, -0.2) is 41.0 Å². The van der Waals surface area contributed by atoms with Crippen molar-refractivity contribution in [1.29, 1.82) is 0 Å². The fraction of sp³-hybridized carbons (Fsp3) is 0.333. The molecule has 2 amide bonds. The normalized spacial score (nSPS) is 11.8. The highest BCUT2D eigenvalue weighted by Gasteiger charge is 2.28. The van der Waals surface area contributed by atoms with E-state index < -0.39 is 23.8 Å². The molecule has 0 saturated carbocycles. The number of amides is 2. The van der Waals surface area contributed by atoms with Crippen molar-refractivity contribution in [2.75, 3.05) is 17.7 Å². The van der Waals surface area contributed by atoms with Crippen molar-refractivity contribution < 1.29 is 29.0 Å². The summed E-state index contributed by atoms with van der Waals surface area (Å²) in [6, 6.07) is 10.6. The number of carboxylic acids is 1. The van der Waals surface area contributed by atoms with Gasteiger partial charge >= 0.3 is 11.9 Å². The fourth-order valence-electron chi connectivity index (χ4n) is 4.20. The van der Waals surface area contributed by atoms with Crippen molar-refractivity contribution in [3.8, 4) is 11.1 Å². The first kappa shape index (κ1) is 26.5. The number of hydrogen-bond acceptors (Lipinski definition) is 5. The van der Waals surface area contributed by atoms with Crippen LogP contribution < -0.4 is 10.6 Å². The number of aromatic nitrogens is 1. The summed E-state index contributed by atoms with van der Waals surface area (Å²) in [5.41, 5.74) is 2.52. The summed E-state index contributed by atoms with van der Waals surface area (Å²) >= 11 is 0. The third kappa shape index (κ3) is 5.91. The smallest absolute Gasteiger partial charge is 0.340 e. The maximum absolute atomic E-state index is 13.4. The number of carbonyl (C=O) groups is 4. The van der Waals surface area contributed by atoms with Gasteiger partial charge in [-0.1, -0.05) is 39.0 Å². The summed E-state index contributed by atoms with van der Waals surface area (Å²) in [4.78, 5) is 53.2. The number of anilines is 2. The summed E-state index contributed by atoms with van der Waals surface area (Å²) in [5.74, 6) is -3.30. The van der Waals surface area contributed by atoms with E-state index in [1.54, 1.807) is 19.2 Å². The van der Waals surface area contributed by atoms with E-state index in [1.807, 2.05) is 38.1 Å². The molecule has 0 fully saturated rings. The monoisotopic (exact) mass is 493 g/mol. The summed E-state index contributed by atoms with van der Waals surface area (Å²) in [6.07, 6.45) is 1.95. The molecule has 3 aromatic rings. The van der Waals surface area contributed by atoms with Gasteiger partial charge in [0.05, 0.1) is 30.5 Å². The molecule has 9 heteroatoms. The Kier molecular flexibility index (Phi) is 8.47. The predicted molar refractivity (Wildman–Crippen MR) is 138 cm³/mol. The molecule has 2 aromatic carbocycles. The molecule has 1 heterocycles. The van der Waals surface area contributed by atoms with Crippen molar-refractivity contribution in [2.24, 2.45) is 11.8 Å². The number of rotatable bonds is 10. The first-order valence-electron chi connectivity index (χ1n) is 11.8. The zero-order chi connectivity index (χ0) is 26.4. The quantitative estimate of drug-likeness (QED) is 0.292. The molecule has 0 saturated heterocycles. The Morgan fingerprint density at radius 1 is 1.06 bits per heavy atom. The van der Waals surface area contributed by atoms with Crippen LogP contribution in [0.4, 0.5) is 11.4 Å². The number of carbonyl (C=O) groups excluding carboxylic acids is 3. The van der Waals surface area contributed by atoms with Gasteiger partial charge in [-0.15, -0.1) is 0 Å². The molecule has 9 nitrogen and oxygen atoms in total. The molecule has 36 heavy (non-hydrogen) atoms. The number of methoxy groups -OCH3 is 1. The molecule has 0 bridgehead atoms. The lowest BCUT2D eigenvalue weighted by atomic mass is 9.92. The fourth-order valence-corrected chi connectivity index (χ4v) is 4.20. The SMILES string of the molecule is CCC(=O)Nc1ccc(C(=O)OC)c(NC(=O)C(CC(=O)O)CC(C)C)c1-c1c[nH]c2ccccc12. The number of hydrogen-bond donors (Lipinski definition) is 4. The average Bonchev–Trinajstić information content (AvgIpc) is 3.26. The lowest BCUT2D eigenvalue weighted by Gasteiger charge is -2.22. The van der Waals surface area contributed by atoms with Gasteiger partial charge in [0.15, 0.2) is 0 Å². The minimum absolute atomic E-state index is 0.0726. The van der Waals surface area contributed by atoms with E-state index >= 15 is 0 Å². The predicted octanol–water partition coefficient (Wildman–Crippen LogP) is 5.05. The van der Waals surface area contributed by atoms with Gasteiger partial charge in [-0.3, -0.25) is 14.4 Å². The molecule has 0 aliphatic rings. The second-order valence-electron chi connectivity index (χ2n) is 8.97. The number of fused-ring (bicyclic) bond motifs is 1. The molecular weight excluding hydrogens is 462 g/mol. The number of esters is 1. The van der Waals surface area contributed by atoms with Crippen LogP contribution in [0.5, 0.6) is 0 Å². The molecule has 0 spiro atoms. The number of carboxylic acid groups (broad SMARTS) is 1. The molecule has 4 N–H and O–H groups in total.